The number of hydrogen-bond donors (Lipinski definition) is 2. The van der Waals surface area contributed by atoms with Gasteiger partial charge < -0.3 is 10.7 Å². The zero-order valence-corrected chi connectivity index (χ0v) is 7.90. The second-order valence-corrected chi connectivity index (χ2v) is 3.21. The van der Waals surface area contributed by atoms with Crippen molar-refractivity contribution in [2.75, 3.05) is 0 Å². The van der Waals surface area contributed by atoms with Gasteiger partial charge in [-0.05, 0) is 5.56 Å². The quantitative estimate of drug-likeness (QED) is 0.764. The van der Waals surface area contributed by atoms with Crippen molar-refractivity contribution in [3.05, 3.63) is 53.6 Å². The molecule has 0 radical (unpaired) electrons. The van der Waals surface area contributed by atoms with Gasteiger partial charge in [0.15, 0.2) is 0 Å². The molecule has 1 aromatic carbocycles. The maximum Gasteiger partial charge on any atom is 0.120 e. The molecule has 2 rings (SSSR count). The van der Waals surface area contributed by atoms with Crippen LogP contribution < -0.4 is 5.73 Å². The molecule has 14 heavy (non-hydrogen) atoms. The number of hydrogen-bond acceptors (Lipinski definition) is 2. The van der Waals surface area contributed by atoms with E-state index in [9.17, 15) is 0 Å². The highest BCUT2D eigenvalue weighted by Gasteiger charge is 2.00. The summed E-state index contributed by atoms with van der Waals surface area (Å²) in [5, 5.41) is 0. The van der Waals surface area contributed by atoms with Crippen LogP contribution in [0.15, 0.2) is 36.5 Å². The van der Waals surface area contributed by atoms with Gasteiger partial charge in [-0.15, -0.1) is 0 Å². The van der Waals surface area contributed by atoms with Crippen molar-refractivity contribution >= 4 is 0 Å². The predicted octanol–water partition coefficient (Wildman–Crippen LogP) is 1.46. The molecule has 72 valence electrons. The lowest BCUT2D eigenvalue weighted by molar-refractivity contribution is 0.936. The minimum absolute atomic E-state index is 0.467. The van der Waals surface area contributed by atoms with Gasteiger partial charge in [0.05, 0.1) is 12.2 Å². The lowest BCUT2D eigenvalue weighted by Crippen LogP contribution is -1.98. The number of rotatable bonds is 3. The summed E-state index contributed by atoms with van der Waals surface area (Å²) in [6.07, 6.45) is 2.77. The Balaban J connectivity index is 2.11. The number of nitrogens with one attached hydrogen (secondary N) is 1. The molecule has 0 spiro atoms. The van der Waals surface area contributed by atoms with E-state index in [0.717, 1.165) is 17.9 Å². The number of benzene rings is 1. The average molecular weight is 187 g/mol. The maximum absolute atomic E-state index is 5.46. The van der Waals surface area contributed by atoms with Crippen LogP contribution in [-0.4, -0.2) is 9.97 Å². The van der Waals surface area contributed by atoms with Crippen LogP contribution in [0, 0.1) is 0 Å². The van der Waals surface area contributed by atoms with Gasteiger partial charge in [-0.3, -0.25) is 0 Å². The van der Waals surface area contributed by atoms with E-state index in [1.54, 1.807) is 0 Å². The fourth-order valence-corrected chi connectivity index (χ4v) is 1.40. The Kier molecular flexibility index (Phi) is 2.60. The van der Waals surface area contributed by atoms with Crippen LogP contribution in [0.4, 0.5) is 0 Å². The first kappa shape index (κ1) is 8.97. The highest BCUT2D eigenvalue weighted by Crippen LogP contribution is 2.06. The van der Waals surface area contributed by atoms with Gasteiger partial charge in [0.1, 0.15) is 5.82 Å². The third kappa shape index (κ3) is 2.00. The number of imidazole rings is 1. The molecule has 1 heterocycles. The number of nitrogens with two attached hydrogens (primary N) is 1. The van der Waals surface area contributed by atoms with Crippen molar-refractivity contribution < 1.29 is 0 Å². The van der Waals surface area contributed by atoms with Gasteiger partial charge in [-0.25, -0.2) is 4.98 Å². The molecule has 0 bridgehead atoms. The Labute approximate surface area is 83.0 Å². The van der Waals surface area contributed by atoms with E-state index >= 15 is 0 Å². The van der Waals surface area contributed by atoms with Gasteiger partial charge in [0, 0.05) is 12.6 Å². The minimum atomic E-state index is 0.467. The first-order valence-corrected chi connectivity index (χ1v) is 4.65. The zero-order chi connectivity index (χ0) is 9.80. The number of H-pyrrole nitrogens is 1. The standard InChI is InChI=1S/C11H13N3/c12-7-11-13-8-10(14-11)6-9-4-2-1-3-5-9/h1-5,8H,6-7,12H2,(H,13,14). The van der Waals surface area contributed by atoms with Gasteiger partial charge in [0.2, 0.25) is 0 Å². The molecule has 1 aromatic heterocycles. The van der Waals surface area contributed by atoms with E-state index in [4.69, 9.17) is 5.73 Å². The Morgan fingerprint density at radius 2 is 2.00 bits per heavy atom. The zero-order valence-electron chi connectivity index (χ0n) is 7.90. The molecule has 0 aliphatic rings. The average Bonchev–Trinajstić information content (AvgIpc) is 2.67. The van der Waals surface area contributed by atoms with E-state index in [0.29, 0.717) is 6.54 Å². The van der Waals surface area contributed by atoms with Crippen molar-refractivity contribution in [1.82, 2.24) is 9.97 Å². The van der Waals surface area contributed by atoms with E-state index in [1.807, 2.05) is 24.4 Å². The van der Waals surface area contributed by atoms with Crippen molar-refractivity contribution in [1.29, 1.82) is 0 Å². The highest BCUT2D eigenvalue weighted by atomic mass is 14.9. The van der Waals surface area contributed by atoms with Crippen molar-refractivity contribution in [3.63, 3.8) is 0 Å². The van der Waals surface area contributed by atoms with Crippen LogP contribution >= 0.6 is 0 Å². The predicted molar refractivity (Wildman–Crippen MR) is 55.7 cm³/mol. The van der Waals surface area contributed by atoms with Crippen LogP contribution in [0.2, 0.25) is 0 Å². The smallest absolute Gasteiger partial charge is 0.120 e. The number of nitrogens with zero attached hydrogens (tertiary/aromatic N) is 1. The summed E-state index contributed by atoms with van der Waals surface area (Å²) in [6, 6.07) is 10.3. The minimum Gasteiger partial charge on any atom is -0.347 e. The molecule has 3 heteroatoms. The molecule has 0 fully saturated rings. The topological polar surface area (TPSA) is 54.7 Å². The molecule has 0 aliphatic carbocycles. The fraction of sp³-hybridized carbons (Fsp3) is 0.182. The summed E-state index contributed by atoms with van der Waals surface area (Å²) in [5.41, 5.74) is 7.77. The van der Waals surface area contributed by atoms with E-state index < -0.39 is 0 Å². The number of aromatic amines is 1. The molecule has 0 unspecified atom stereocenters. The van der Waals surface area contributed by atoms with Crippen LogP contribution in [0.3, 0.4) is 0 Å². The van der Waals surface area contributed by atoms with Crippen LogP contribution in [0.25, 0.3) is 0 Å². The summed E-state index contributed by atoms with van der Waals surface area (Å²) in [6.45, 7) is 0.467. The van der Waals surface area contributed by atoms with Gasteiger partial charge >= 0.3 is 0 Å². The highest BCUT2D eigenvalue weighted by molar-refractivity contribution is 5.20. The summed E-state index contributed by atoms with van der Waals surface area (Å²) in [7, 11) is 0. The van der Waals surface area contributed by atoms with Gasteiger partial charge in [-0.2, -0.15) is 0 Å². The number of aromatic nitrogens is 2. The summed E-state index contributed by atoms with van der Waals surface area (Å²) in [5.74, 6) is 0.843. The first-order chi connectivity index (χ1) is 6.88. The second kappa shape index (κ2) is 4.07. The van der Waals surface area contributed by atoms with Crippen molar-refractivity contribution in [2.45, 2.75) is 13.0 Å². The lowest BCUT2D eigenvalue weighted by Gasteiger charge is -1.95. The molecule has 2 aromatic rings. The first-order valence-electron chi connectivity index (χ1n) is 4.65. The normalized spacial score (nSPS) is 10.4. The molecular formula is C11H13N3. The molecule has 0 amide bonds. The second-order valence-electron chi connectivity index (χ2n) is 3.21. The van der Waals surface area contributed by atoms with Gasteiger partial charge in [-0.1, -0.05) is 30.3 Å². The third-order valence-electron chi connectivity index (χ3n) is 2.11. The summed E-state index contributed by atoms with van der Waals surface area (Å²) < 4.78 is 0. The van der Waals surface area contributed by atoms with Crippen molar-refractivity contribution in [2.24, 2.45) is 5.73 Å². The molecule has 3 nitrogen and oxygen atoms in total. The SMILES string of the molecule is NCc1nc(Cc2ccccc2)c[nH]1. The molecule has 0 saturated carbocycles. The largest absolute Gasteiger partial charge is 0.347 e. The van der Waals surface area contributed by atoms with Gasteiger partial charge in [0.25, 0.3) is 0 Å². The van der Waals surface area contributed by atoms with E-state index in [-0.39, 0.29) is 0 Å². The molecule has 0 aliphatic heterocycles. The van der Waals surface area contributed by atoms with Crippen LogP contribution in [-0.2, 0) is 13.0 Å². The van der Waals surface area contributed by atoms with Crippen LogP contribution in [0.1, 0.15) is 17.1 Å². The monoisotopic (exact) mass is 187 g/mol. The molecule has 0 saturated heterocycles. The lowest BCUT2D eigenvalue weighted by atomic mass is 10.1. The molecule has 3 N–H and O–H groups in total. The summed E-state index contributed by atoms with van der Waals surface area (Å²) >= 11 is 0. The summed E-state index contributed by atoms with van der Waals surface area (Å²) in [4.78, 5) is 7.38. The van der Waals surface area contributed by atoms with Crippen LogP contribution in [0.5, 0.6) is 0 Å². The van der Waals surface area contributed by atoms with Crippen molar-refractivity contribution in [3.8, 4) is 0 Å². The Morgan fingerprint density at radius 3 is 2.64 bits per heavy atom. The Morgan fingerprint density at radius 1 is 1.21 bits per heavy atom. The van der Waals surface area contributed by atoms with E-state index in [2.05, 4.69) is 22.1 Å². The Hall–Kier alpha value is -1.61. The molecule has 0 atom stereocenters. The van der Waals surface area contributed by atoms with E-state index in [1.165, 1.54) is 5.56 Å². The molecular weight excluding hydrogens is 174 g/mol. The Bertz CT molecular complexity index is 392. The third-order valence-corrected chi connectivity index (χ3v) is 2.11. The fourth-order valence-electron chi connectivity index (χ4n) is 1.40. The maximum atomic E-state index is 5.46.